The minimum absolute atomic E-state index is 0.120. The summed E-state index contributed by atoms with van der Waals surface area (Å²) in [4.78, 5) is 28.6. The van der Waals surface area contributed by atoms with Gasteiger partial charge in [-0.25, -0.2) is 4.68 Å². The molecule has 1 saturated heterocycles. The fourth-order valence-electron chi connectivity index (χ4n) is 5.03. The van der Waals surface area contributed by atoms with Gasteiger partial charge in [-0.05, 0) is 31.1 Å². The number of β-amino-alcohol motifs (C(OH)–C–C–N with tert-alkyl or cyclic N) is 1. The molecule has 1 saturated carbocycles. The SMILES string of the molecule is CC(C)(C)[C@H](C(=O)N1C[C@H](O)C[C@H]1C(=O)NC1CCCn2cnnc21)n1cc(C2CC2)nn1. The number of amides is 2. The number of nitrogens with one attached hydrogen (secondary N) is 1. The Morgan fingerprint density at radius 2 is 2.00 bits per heavy atom. The Balaban J connectivity index is 1.36. The fraction of sp³-hybridized carbons (Fsp3) is 0.727. The van der Waals surface area contributed by atoms with Crippen LogP contribution in [-0.2, 0) is 16.1 Å². The van der Waals surface area contributed by atoms with E-state index in [0.29, 0.717) is 5.92 Å². The van der Waals surface area contributed by atoms with Crippen LogP contribution in [0.2, 0.25) is 0 Å². The number of fused-ring (bicyclic) bond motifs is 1. The van der Waals surface area contributed by atoms with Crippen LogP contribution < -0.4 is 5.32 Å². The predicted molar refractivity (Wildman–Crippen MR) is 117 cm³/mol. The quantitative estimate of drug-likeness (QED) is 0.685. The highest BCUT2D eigenvalue weighted by Crippen LogP contribution is 2.40. The van der Waals surface area contributed by atoms with Gasteiger partial charge in [0.25, 0.3) is 0 Å². The molecule has 178 valence electrons. The average molecular weight is 457 g/mol. The van der Waals surface area contributed by atoms with Crippen molar-refractivity contribution >= 4 is 11.8 Å². The maximum Gasteiger partial charge on any atom is 0.248 e. The minimum Gasteiger partial charge on any atom is -0.391 e. The van der Waals surface area contributed by atoms with Gasteiger partial charge in [-0.2, -0.15) is 0 Å². The molecule has 0 radical (unpaired) electrons. The zero-order valence-corrected chi connectivity index (χ0v) is 19.4. The first kappa shape index (κ1) is 22.0. The molecular formula is C22H32N8O3. The van der Waals surface area contributed by atoms with Crippen molar-refractivity contribution in [1.29, 1.82) is 0 Å². The molecule has 5 rings (SSSR count). The Bertz CT molecular complexity index is 1040. The van der Waals surface area contributed by atoms with E-state index in [0.717, 1.165) is 43.7 Å². The smallest absolute Gasteiger partial charge is 0.248 e. The van der Waals surface area contributed by atoms with Gasteiger partial charge in [0.2, 0.25) is 11.8 Å². The van der Waals surface area contributed by atoms with Gasteiger partial charge in [0.1, 0.15) is 18.4 Å². The summed E-state index contributed by atoms with van der Waals surface area (Å²) in [6.07, 6.45) is 6.86. The van der Waals surface area contributed by atoms with Crippen molar-refractivity contribution in [2.24, 2.45) is 5.41 Å². The van der Waals surface area contributed by atoms with Crippen molar-refractivity contribution in [2.45, 2.75) is 89.6 Å². The largest absolute Gasteiger partial charge is 0.391 e. The van der Waals surface area contributed by atoms with Crippen LogP contribution >= 0.6 is 0 Å². The summed E-state index contributed by atoms with van der Waals surface area (Å²) >= 11 is 0. The van der Waals surface area contributed by atoms with Crippen LogP contribution in [0.25, 0.3) is 0 Å². The summed E-state index contributed by atoms with van der Waals surface area (Å²) < 4.78 is 3.58. The number of carbonyl (C=O) groups is 2. The number of aliphatic hydroxyl groups excluding tert-OH is 1. The molecule has 3 aliphatic rings. The van der Waals surface area contributed by atoms with Gasteiger partial charge in [0, 0.05) is 31.6 Å². The highest BCUT2D eigenvalue weighted by atomic mass is 16.3. The Morgan fingerprint density at radius 3 is 2.73 bits per heavy atom. The summed E-state index contributed by atoms with van der Waals surface area (Å²) in [6.45, 7) is 6.88. The number of hydrogen-bond donors (Lipinski definition) is 2. The zero-order valence-electron chi connectivity index (χ0n) is 19.4. The van der Waals surface area contributed by atoms with E-state index in [1.807, 2.05) is 31.5 Å². The van der Waals surface area contributed by atoms with Crippen LogP contribution in [0.3, 0.4) is 0 Å². The molecule has 4 heterocycles. The third-order valence-corrected chi connectivity index (χ3v) is 6.87. The molecule has 2 aromatic heterocycles. The van der Waals surface area contributed by atoms with E-state index in [2.05, 4.69) is 25.8 Å². The highest BCUT2D eigenvalue weighted by molar-refractivity contribution is 5.90. The number of aliphatic hydroxyl groups is 1. The number of likely N-dealkylation sites (tertiary alicyclic amines) is 1. The predicted octanol–water partition coefficient (Wildman–Crippen LogP) is 0.947. The summed E-state index contributed by atoms with van der Waals surface area (Å²) in [7, 11) is 0. The number of rotatable bonds is 5. The van der Waals surface area contributed by atoms with Crippen molar-refractivity contribution in [3.05, 3.63) is 24.0 Å². The van der Waals surface area contributed by atoms with Crippen LogP contribution in [-0.4, -0.2) is 70.3 Å². The fourth-order valence-corrected chi connectivity index (χ4v) is 5.03. The van der Waals surface area contributed by atoms with Crippen LogP contribution in [0, 0.1) is 5.41 Å². The van der Waals surface area contributed by atoms with E-state index in [9.17, 15) is 14.7 Å². The van der Waals surface area contributed by atoms with E-state index in [-0.39, 0.29) is 30.8 Å². The van der Waals surface area contributed by atoms with Crippen LogP contribution in [0.5, 0.6) is 0 Å². The zero-order chi connectivity index (χ0) is 23.3. The monoisotopic (exact) mass is 456 g/mol. The maximum absolute atomic E-state index is 13.8. The van der Waals surface area contributed by atoms with E-state index < -0.39 is 23.6 Å². The standard InChI is InChI=1S/C22H32N8O3/c1-22(2,3)18(30-11-16(25-27-30)13-6-7-13)21(33)29-10-14(31)9-17(29)20(32)24-15-5-4-8-28-12-23-26-19(15)28/h11-15,17-18,31H,4-10H2,1-3H3,(H,24,32)/t14-,15?,17+,18+/m1/s1. The third-order valence-electron chi connectivity index (χ3n) is 6.87. The van der Waals surface area contributed by atoms with Crippen molar-refractivity contribution in [3.63, 3.8) is 0 Å². The number of nitrogens with zero attached hydrogens (tertiary/aromatic N) is 7. The maximum atomic E-state index is 13.8. The molecule has 0 bridgehead atoms. The molecule has 1 unspecified atom stereocenters. The second-order valence-corrected chi connectivity index (χ2v) is 10.6. The molecule has 33 heavy (non-hydrogen) atoms. The van der Waals surface area contributed by atoms with Gasteiger partial charge in [-0.1, -0.05) is 26.0 Å². The second kappa shape index (κ2) is 8.19. The van der Waals surface area contributed by atoms with Crippen LogP contribution in [0.1, 0.15) is 82.4 Å². The molecule has 2 amide bonds. The van der Waals surface area contributed by atoms with Crippen molar-refractivity contribution in [3.8, 4) is 0 Å². The molecule has 2 N–H and O–H groups in total. The first-order valence-electron chi connectivity index (χ1n) is 11.8. The Hall–Kier alpha value is -2.82. The average Bonchev–Trinajstić information content (AvgIpc) is 3.13. The molecule has 0 spiro atoms. The number of carbonyl (C=O) groups excluding carboxylic acids is 2. The van der Waals surface area contributed by atoms with E-state index >= 15 is 0 Å². The minimum atomic E-state index is -0.752. The van der Waals surface area contributed by atoms with Gasteiger partial charge in [0.05, 0.1) is 17.8 Å². The normalized spacial score (nSPS) is 26.2. The topological polar surface area (TPSA) is 131 Å². The third kappa shape index (κ3) is 4.25. The lowest BCUT2D eigenvalue weighted by Crippen LogP contribution is -2.51. The number of aryl methyl sites for hydroxylation is 1. The molecule has 0 aromatic carbocycles. The molecule has 2 aromatic rings. The summed E-state index contributed by atoms with van der Waals surface area (Å²) in [5.74, 6) is 0.664. The summed E-state index contributed by atoms with van der Waals surface area (Å²) in [5.41, 5.74) is 0.453. The summed E-state index contributed by atoms with van der Waals surface area (Å²) in [5, 5.41) is 30.1. The Kier molecular flexibility index (Phi) is 5.46. The van der Waals surface area contributed by atoms with Crippen molar-refractivity contribution in [1.82, 2.24) is 40.0 Å². The van der Waals surface area contributed by atoms with Gasteiger partial charge in [-0.3, -0.25) is 9.59 Å². The van der Waals surface area contributed by atoms with E-state index in [1.165, 1.54) is 4.90 Å². The Morgan fingerprint density at radius 1 is 1.21 bits per heavy atom. The van der Waals surface area contributed by atoms with Gasteiger partial charge >= 0.3 is 0 Å². The Labute approximate surface area is 192 Å². The van der Waals surface area contributed by atoms with E-state index in [1.54, 1.807) is 11.0 Å². The molecule has 11 heteroatoms. The van der Waals surface area contributed by atoms with Crippen LogP contribution in [0.15, 0.2) is 12.5 Å². The molecular weight excluding hydrogens is 424 g/mol. The number of aromatic nitrogens is 6. The van der Waals surface area contributed by atoms with Crippen LogP contribution in [0.4, 0.5) is 0 Å². The van der Waals surface area contributed by atoms with E-state index in [4.69, 9.17) is 0 Å². The number of hydrogen-bond acceptors (Lipinski definition) is 7. The first-order valence-corrected chi connectivity index (χ1v) is 11.8. The first-order chi connectivity index (χ1) is 15.7. The molecule has 2 fully saturated rings. The molecule has 4 atom stereocenters. The summed E-state index contributed by atoms with van der Waals surface area (Å²) in [6, 6.07) is -1.63. The highest BCUT2D eigenvalue weighted by Gasteiger charge is 2.46. The molecule has 2 aliphatic heterocycles. The van der Waals surface area contributed by atoms with Gasteiger partial charge in [0.15, 0.2) is 5.82 Å². The second-order valence-electron chi connectivity index (χ2n) is 10.6. The van der Waals surface area contributed by atoms with Gasteiger partial charge < -0.3 is 19.9 Å². The van der Waals surface area contributed by atoms with Crippen molar-refractivity contribution in [2.75, 3.05) is 6.54 Å². The van der Waals surface area contributed by atoms with Crippen molar-refractivity contribution < 1.29 is 14.7 Å². The lowest BCUT2D eigenvalue weighted by atomic mass is 9.85. The molecule has 1 aliphatic carbocycles. The lowest BCUT2D eigenvalue weighted by Gasteiger charge is -2.35. The van der Waals surface area contributed by atoms with Gasteiger partial charge in [-0.15, -0.1) is 15.3 Å². The molecule has 11 nitrogen and oxygen atoms in total. The lowest BCUT2D eigenvalue weighted by molar-refractivity contribution is -0.144.